The molecule has 0 saturated carbocycles. The van der Waals surface area contributed by atoms with E-state index in [4.69, 9.17) is 5.84 Å². The van der Waals surface area contributed by atoms with Crippen molar-refractivity contribution in [1.29, 1.82) is 0 Å². The van der Waals surface area contributed by atoms with Gasteiger partial charge in [-0.3, -0.25) is 0 Å². The lowest BCUT2D eigenvalue weighted by Gasteiger charge is -2.26. The Morgan fingerprint density at radius 2 is 2.06 bits per heavy atom. The molecule has 0 unspecified atom stereocenters. The molecule has 0 aliphatic rings. The first-order chi connectivity index (χ1) is 8.12. The van der Waals surface area contributed by atoms with E-state index in [2.05, 4.69) is 48.0 Å². The van der Waals surface area contributed by atoms with Gasteiger partial charge in [0.2, 0.25) is 0 Å². The van der Waals surface area contributed by atoms with Crippen LogP contribution in [-0.4, -0.2) is 22.6 Å². The van der Waals surface area contributed by atoms with E-state index in [1.54, 1.807) is 0 Å². The van der Waals surface area contributed by atoms with Crippen LogP contribution in [0.2, 0.25) is 0 Å². The molecule has 17 heavy (non-hydrogen) atoms. The summed E-state index contributed by atoms with van der Waals surface area (Å²) in [6, 6.07) is 2.30. The van der Waals surface area contributed by atoms with E-state index in [1.165, 1.54) is 0 Å². The standard InChI is InChI=1S/C12H23N5/c1-5-7-10-14-11(16-13)8-12(15-10)17(6-2)9(3)4/h8-9H,5-7,13H2,1-4H3,(H,14,15,16). The highest BCUT2D eigenvalue weighted by molar-refractivity contribution is 5.49. The van der Waals surface area contributed by atoms with Crippen LogP contribution >= 0.6 is 0 Å². The van der Waals surface area contributed by atoms with E-state index in [9.17, 15) is 0 Å². The van der Waals surface area contributed by atoms with Gasteiger partial charge in [0.05, 0.1) is 0 Å². The fourth-order valence-electron chi connectivity index (χ4n) is 1.83. The Morgan fingerprint density at radius 1 is 1.35 bits per heavy atom. The van der Waals surface area contributed by atoms with E-state index >= 15 is 0 Å². The van der Waals surface area contributed by atoms with Gasteiger partial charge in [0.1, 0.15) is 17.5 Å². The Hall–Kier alpha value is -1.36. The summed E-state index contributed by atoms with van der Waals surface area (Å²) in [5.41, 5.74) is 2.61. The molecule has 1 aromatic heterocycles. The van der Waals surface area contributed by atoms with Crippen molar-refractivity contribution in [3.63, 3.8) is 0 Å². The molecule has 0 amide bonds. The van der Waals surface area contributed by atoms with Crippen molar-refractivity contribution in [2.45, 2.75) is 46.6 Å². The van der Waals surface area contributed by atoms with Crippen molar-refractivity contribution >= 4 is 11.6 Å². The minimum atomic E-state index is 0.412. The Labute approximate surface area is 103 Å². The molecule has 0 saturated heterocycles. The van der Waals surface area contributed by atoms with Crippen LogP contribution < -0.4 is 16.2 Å². The molecule has 0 aromatic carbocycles. The molecule has 0 atom stereocenters. The second-order valence-electron chi connectivity index (χ2n) is 4.30. The maximum absolute atomic E-state index is 5.44. The summed E-state index contributed by atoms with van der Waals surface area (Å²) < 4.78 is 0. The fourth-order valence-corrected chi connectivity index (χ4v) is 1.83. The summed E-state index contributed by atoms with van der Waals surface area (Å²) in [5, 5.41) is 0. The summed E-state index contributed by atoms with van der Waals surface area (Å²) in [5.74, 6) is 7.90. The predicted octanol–water partition coefficient (Wildman–Crippen LogP) is 1.95. The number of hydrogen-bond donors (Lipinski definition) is 2. The minimum Gasteiger partial charge on any atom is -0.354 e. The zero-order valence-electron chi connectivity index (χ0n) is 11.2. The van der Waals surface area contributed by atoms with E-state index < -0.39 is 0 Å². The fraction of sp³-hybridized carbons (Fsp3) is 0.667. The number of anilines is 2. The summed E-state index contributed by atoms with van der Waals surface area (Å²) >= 11 is 0. The number of hydrogen-bond acceptors (Lipinski definition) is 5. The summed E-state index contributed by atoms with van der Waals surface area (Å²) in [7, 11) is 0. The maximum atomic E-state index is 5.44. The summed E-state index contributed by atoms with van der Waals surface area (Å²) in [6.07, 6.45) is 1.90. The third-order valence-corrected chi connectivity index (χ3v) is 2.64. The number of nitrogens with one attached hydrogen (secondary N) is 1. The van der Waals surface area contributed by atoms with Gasteiger partial charge in [-0.25, -0.2) is 15.8 Å². The molecule has 0 fully saturated rings. The first-order valence-electron chi connectivity index (χ1n) is 6.23. The Bertz CT molecular complexity index is 351. The Balaban J connectivity index is 3.08. The monoisotopic (exact) mass is 237 g/mol. The van der Waals surface area contributed by atoms with Crippen molar-refractivity contribution in [1.82, 2.24) is 9.97 Å². The lowest BCUT2D eigenvalue weighted by atomic mass is 10.3. The number of hydrazine groups is 1. The van der Waals surface area contributed by atoms with Crippen molar-refractivity contribution < 1.29 is 0 Å². The van der Waals surface area contributed by atoms with E-state index in [1.807, 2.05) is 6.07 Å². The molecule has 0 spiro atoms. The molecule has 0 aliphatic carbocycles. The molecule has 0 bridgehead atoms. The van der Waals surface area contributed by atoms with Crippen molar-refractivity contribution in [2.75, 3.05) is 16.9 Å². The zero-order chi connectivity index (χ0) is 12.8. The van der Waals surface area contributed by atoms with Crippen LogP contribution in [0.25, 0.3) is 0 Å². The third-order valence-electron chi connectivity index (χ3n) is 2.64. The zero-order valence-corrected chi connectivity index (χ0v) is 11.2. The van der Waals surface area contributed by atoms with Crippen molar-refractivity contribution in [3.05, 3.63) is 11.9 Å². The van der Waals surface area contributed by atoms with Gasteiger partial charge in [-0.1, -0.05) is 6.92 Å². The molecule has 1 heterocycles. The molecule has 0 aliphatic heterocycles. The van der Waals surface area contributed by atoms with E-state index in [0.29, 0.717) is 11.9 Å². The van der Waals surface area contributed by atoms with Crippen LogP contribution in [0.1, 0.15) is 39.9 Å². The second-order valence-corrected chi connectivity index (χ2v) is 4.30. The van der Waals surface area contributed by atoms with Crippen LogP contribution in [0.4, 0.5) is 11.6 Å². The molecular formula is C12H23N5. The predicted molar refractivity (Wildman–Crippen MR) is 72.0 cm³/mol. The average Bonchev–Trinajstić information content (AvgIpc) is 2.29. The van der Waals surface area contributed by atoms with Gasteiger partial charge in [0, 0.05) is 25.1 Å². The number of rotatable bonds is 6. The van der Waals surface area contributed by atoms with Crippen molar-refractivity contribution in [2.24, 2.45) is 5.84 Å². The van der Waals surface area contributed by atoms with E-state index in [0.717, 1.165) is 31.0 Å². The quantitative estimate of drug-likeness (QED) is 0.584. The van der Waals surface area contributed by atoms with Crippen molar-refractivity contribution in [3.8, 4) is 0 Å². The number of aromatic nitrogens is 2. The van der Waals surface area contributed by atoms with Crippen LogP contribution in [0, 0.1) is 0 Å². The van der Waals surface area contributed by atoms with Gasteiger partial charge in [-0.15, -0.1) is 0 Å². The summed E-state index contributed by atoms with van der Waals surface area (Å²) in [6.45, 7) is 9.47. The molecule has 5 heteroatoms. The molecular weight excluding hydrogens is 214 g/mol. The number of aryl methyl sites for hydroxylation is 1. The van der Waals surface area contributed by atoms with Crippen LogP contribution in [0.5, 0.6) is 0 Å². The van der Waals surface area contributed by atoms with E-state index in [-0.39, 0.29) is 0 Å². The second kappa shape index (κ2) is 6.39. The normalized spacial score (nSPS) is 10.7. The molecule has 3 N–H and O–H groups in total. The molecule has 96 valence electrons. The topological polar surface area (TPSA) is 67.1 Å². The first kappa shape index (κ1) is 13.7. The van der Waals surface area contributed by atoms with Gasteiger partial charge in [0.15, 0.2) is 0 Å². The van der Waals surface area contributed by atoms with Gasteiger partial charge < -0.3 is 10.3 Å². The lowest BCUT2D eigenvalue weighted by molar-refractivity contribution is 0.686. The highest BCUT2D eigenvalue weighted by atomic mass is 15.3. The molecule has 0 radical (unpaired) electrons. The highest BCUT2D eigenvalue weighted by Gasteiger charge is 2.12. The number of nitrogens with two attached hydrogens (primary N) is 1. The largest absolute Gasteiger partial charge is 0.354 e. The smallest absolute Gasteiger partial charge is 0.145 e. The van der Waals surface area contributed by atoms with Gasteiger partial charge >= 0.3 is 0 Å². The SMILES string of the molecule is CCCc1nc(NN)cc(N(CC)C(C)C)n1. The van der Waals surface area contributed by atoms with Gasteiger partial charge in [-0.05, 0) is 27.2 Å². The Kier molecular flexibility index (Phi) is 5.15. The van der Waals surface area contributed by atoms with Gasteiger partial charge in [0.25, 0.3) is 0 Å². The van der Waals surface area contributed by atoms with Crippen LogP contribution in [-0.2, 0) is 6.42 Å². The highest BCUT2D eigenvalue weighted by Crippen LogP contribution is 2.18. The molecule has 1 aromatic rings. The number of nitrogens with zero attached hydrogens (tertiary/aromatic N) is 3. The van der Waals surface area contributed by atoms with Crippen LogP contribution in [0.3, 0.4) is 0 Å². The van der Waals surface area contributed by atoms with Crippen LogP contribution in [0.15, 0.2) is 6.07 Å². The van der Waals surface area contributed by atoms with Gasteiger partial charge in [-0.2, -0.15) is 0 Å². The Morgan fingerprint density at radius 3 is 2.53 bits per heavy atom. The average molecular weight is 237 g/mol. The summed E-state index contributed by atoms with van der Waals surface area (Å²) in [4.78, 5) is 11.2. The molecule has 5 nitrogen and oxygen atoms in total. The third kappa shape index (κ3) is 3.56. The molecule has 1 rings (SSSR count). The lowest BCUT2D eigenvalue weighted by Crippen LogP contribution is -2.31. The maximum Gasteiger partial charge on any atom is 0.145 e. The minimum absolute atomic E-state index is 0.412. The number of nitrogen functional groups attached to an aromatic ring is 1. The first-order valence-corrected chi connectivity index (χ1v) is 6.23.